The third kappa shape index (κ3) is 3.96. The Morgan fingerprint density at radius 1 is 1.00 bits per heavy atom. The number of rotatable bonds is 5. The van der Waals surface area contributed by atoms with Crippen LogP contribution in [0.2, 0.25) is 0 Å². The van der Waals surface area contributed by atoms with Gasteiger partial charge >= 0.3 is 5.97 Å². The van der Waals surface area contributed by atoms with Gasteiger partial charge in [-0.05, 0) is 30.3 Å². The first-order valence-electron chi connectivity index (χ1n) is 8.80. The number of nitrogens with zero attached hydrogens (tertiary/aromatic N) is 2. The van der Waals surface area contributed by atoms with E-state index in [2.05, 4.69) is 27.2 Å². The van der Waals surface area contributed by atoms with Gasteiger partial charge in [0.25, 0.3) is 0 Å². The molecule has 2 aromatic carbocycles. The Morgan fingerprint density at radius 3 is 2.27 bits per heavy atom. The maximum Gasteiger partial charge on any atom is 0.337 e. The topological polar surface area (TPSA) is 72.9 Å². The van der Waals surface area contributed by atoms with E-state index in [1.165, 1.54) is 11.8 Å². The van der Waals surface area contributed by atoms with E-state index in [0.717, 1.165) is 26.2 Å². The molecule has 3 rings (SSSR count). The fourth-order valence-electron chi connectivity index (χ4n) is 3.15. The van der Waals surface area contributed by atoms with E-state index in [9.17, 15) is 14.7 Å². The van der Waals surface area contributed by atoms with Crippen molar-refractivity contribution in [3.05, 3.63) is 54.1 Å². The van der Waals surface area contributed by atoms with Gasteiger partial charge in [-0.2, -0.15) is 0 Å². The van der Waals surface area contributed by atoms with Gasteiger partial charge in [-0.3, -0.25) is 4.79 Å². The fourth-order valence-corrected chi connectivity index (χ4v) is 3.15. The average Bonchev–Trinajstić information content (AvgIpc) is 2.68. The Bertz CT molecular complexity index is 784. The number of carboxylic acids is 1. The van der Waals surface area contributed by atoms with Crippen molar-refractivity contribution in [3.63, 3.8) is 0 Å². The van der Waals surface area contributed by atoms with E-state index in [0.29, 0.717) is 17.8 Å². The number of hydrogen-bond donors (Lipinski definition) is 2. The molecule has 26 heavy (non-hydrogen) atoms. The number of para-hydroxylation sites is 1. The molecule has 1 aliphatic rings. The van der Waals surface area contributed by atoms with Crippen LogP contribution in [0.3, 0.4) is 0 Å². The molecule has 2 N–H and O–H groups in total. The van der Waals surface area contributed by atoms with Crippen LogP contribution in [-0.4, -0.2) is 43.2 Å². The highest BCUT2D eigenvalue weighted by molar-refractivity contribution is 5.98. The number of carbonyl (C=O) groups is 2. The lowest BCUT2D eigenvalue weighted by Gasteiger charge is -2.38. The summed E-state index contributed by atoms with van der Waals surface area (Å²) in [5.41, 5.74) is 2.61. The van der Waals surface area contributed by atoms with Gasteiger partial charge in [-0.1, -0.05) is 25.1 Å². The number of nitrogens with one attached hydrogen (secondary N) is 1. The molecule has 1 saturated heterocycles. The molecular formula is C20H23N3O3. The largest absolute Gasteiger partial charge is 0.478 e. The normalized spacial score (nSPS) is 14.2. The summed E-state index contributed by atoms with van der Waals surface area (Å²) in [6.07, 6.45) is 0.353. The third-order valence-corrected chi connectivity index (χ3v) is 4.57. The first-order valence-corrected chi connectivity index (χ1v) is 8.80. The van der Waals surface area contributed by atoms with E-state index in [-0.39, 0.29) is 11.5 Å². The lowest BCUT2D eigenvalue weighted by molar-refractivity contribution is -0.115. The summed E-state index contributed by atoms with van der Waals surface area (Å²) in [7, 11) is 0. The molecule has 0 unspecified atom stereocenters. The second kappa shape index (κ2) is 7.91. The van der Waals surface area contributed by atoms with Gasteiger partial charge in [0, 0.05) is 44.0 Å². The number of hydrogen-bond acceptors (Lipinski definition) is 4. The van der Waals surface area contributed by atoms with Crippen LogP contribution in [0, 0.1) is 0 Å². The van der Waals surface area contributed by atoms with Crippen LogP contribution < -0.4 is 15.1 Å². The van der Waals surface area contributed by atoms with Crippen molar-refractivity contribution in [1.82, 2.24) is 0 Å². The van der Waals surface area contributed by atoms with Gasteiger partial charge in [0.15, 0.2) is 0 Å². The zero-order chi connectivity index (χ0) is 18.5. The van der Waals surface area contributed by atoms with E-state index >= 15 is 0 Å². The molecule has 0 aliphatic carbocycles. The number of aromatic carboxylic acids is 1. The van der Waals surface area contributed by atoms with Crippen LogP contribution in [0.4, 0.5) is 17.1 Å². The minimum atomic E-state index is -0.988. The Labute approximate surface area is 153 Å². The van der Waals surface area contributed by atoms with E-state index in [4.69, 9.17) is 0 Å². The first-order chi connectivity index (χ1) is 12.6. The molecule has 1 heterocycles. The van der Waals surface area contributed by atoms with Gasteiger partial charge in [0.2, 0.25) is 5.91 Å². The molecule has 136 valence electrons. The molecule has 2 aromatic rings. The van der Waals surface area contributed by atoms with Crippen LogP contribution in [0.15, 0.2) is 48.5 Å². The second-order valence-corrected chi connectivity index (χ2v) is 6.25. The van der Waals surface area contributed by atoms with Gasteiger partial charge in [0.1, 0.15) is 0 Å². The SMILES string of the molecule is CCC(=O)Nc1ccc(N2CCN(c3ccccc3)CC2)c(C(=O)O)c1. The second-order valence-electron chi connectivity index (χ2n) is 6.25. The number of benzene rings is 2. The molecule has 0 spiro atoms. The molecule has 1 aliphatic heterocycles. The highest BCUT2D eigenvalue weighted by Gasteiger charge is 2.22. The summed E-state index contributed by atoms with van der Waals surface area (Å²) >= 11 is 0. The molecule has 1 amide bonds. The Balaban J connectivity index is 1.75. The van der Waals surface area contributed by atoms with Gasteiger partial charge in [-0.25, -0.2) is 4.79 Å². The maximum atomic E-state index is 11.7. The smallest absolute Gasteiger partial charge is 0.337 e. The van der Waals surface area contributed by atoms with Crippen molar-refractivity contribution < 1.29 is 14.7 Å². The minimum Gasteiger partial charge on any atom is -0.478 e. The first kappa shape index (κ1) is 17.8. The summed E-state index contributed by atoms with van der Waals surface area (Å²) in [6, 6.07) is 15.3. The Kier molecular flexibility index (Phi) is 5.41. The van der Waals surface area contributed by atoms with Crippen molar-refractivity contribution in [3.8, 4) is 0 Å². The zero-order valence-corrected chi connectivity index (χ0v) is 14.8. The number of carbonyl (C=O) groups excluding carboxylic acids is 1. The number of carboxylic acid groups (broad SMARTS) is 1. The summed E-state index contributed by atoms with van der Waals surface area (Å²) < 4.78 is 0. The van der Waals surface area contributed by atoms with Crippen molar-refractivity contribution in [1.29, 1.82) is 0 Å². The standard InChI is InChI=1S/C20H23N3O3/c1-2-19(24)21-15-8-9-18(17(14-15)20(25)26)23-12-10-22(11-13-23)16-6-4-3-5-7-16/h3-9,14H,2,10-13H2,1H3,(H,21,24)(H,25,26). The quantitative estimate of drug-likeness (QED) is 0.864. The molecule has 0 radical (unpaired) electrons. The van der Waals surface area contributed by atoms with E-state index in [1.54, 1.807) is 19.1 Å². The molecule has 0 aromatic heterocycles. The molecule has 0 bridgehead atoms. The molecule has 6 heteroatoms. The third-order valence-electron chi connectivity index (χ3n) is 4.57. The van der Waals surface area contributed by atoms with Crippen molar-refractivity contribution >= 4 is 28.9 Å². The monoisotopic (exact) mass is 353 g/mol. The lowest BCUT2D eigenvalue weighted by atomic mass is 10.1. The van der Waals surface area contributed by atoms with Crippen molar-refractivity contribution in [2.45, 2.75) is 13.3 Å². The molecular weight excluding hydrogens is 330 g/mol. The van der Waals surface area contributed by atoms with E-state index in [1.807, 2.05) is 18.2 Å². The van der Waals surface area contributed by atoms with Gasteiger partial charge in [-0.15, -0.1) is 0 Å². The van der Waals surface area contributed by atoms with Crippen LogP contribution in [0.25, 0.3) is 0 Å². The predicted molar refractivity (Wildman–Crippen MR) is 103 cm³/mol. The van der Waals surface area contributed by atoms with Crippen LogP contribution in [0.1, 0.15) is 23.7 Å². The molecule has 0 saturated carbocycles. The molecule has 0 atom stereocenters. The lowest BCUT2D eigenvalue weighted by Crippen LogP contribution is -2.47. The summed E-state index contributed by atoms with van der Waals surface area (Å²) in [4.78, 5) is 27.6. The average molecular weight is 353 g/mol. The Hall–Kier alpha value is -3.02. The molecule has 1 fully saturated rings. The summed E-state index contributed by atoms with van der Waals surface area (Å²) in [6.45, 7) is 4.91. The Morgan fingerprint density at radius 2 is 1.65 bits per heavy atom. The predicted octanol–water partition coefficient (Wildman–Crippen LogP) is 3.06. The van der Waals surface area contributed by atoms with Crippen molar-refractivity contribution in [2.24, 2.45) is 0 Å². The zero-order valence-electron chi connectivity index (χ0n) is 14.8. The van der Waals surface area contributed by atoms with Crippen LogP contribution in [0.5, 0.6) is 0 Å². The highest BCUT2D eigenvalue weighted by Crippen LogP contribution is 2.27. The number of amides is 1. The number of anilines is 3. The maximum absolute atomic E-state index is 11.7. The summed E-state index contributed by atoms with van der Waals surface area (Å²) in [5.74, 6) is -1.12. The highest BCUT2D eigenvalue weighted by atomic mass is 16.4. The van der Waals surface area contributed by atoms with Gasteiger partial charge in [0.05, 0.1) is 11.3 Å². The minimum absolute atomic E-state index is 0.134. The van der Waals surface area contributed by atoms with E-state index < -0.39 is 5.97 Å². The molecule has 6 nitrogen and oxygen atoms in total. The van der Waals surface area contributed by atoms with Crippen LogP contribution >= 0.6 is 0 Å². The van der Waals surface area contributed by atoms with Crippen LogP contribution in [-0.2, 0) is 4.79 Å². The summed E-state index contributed by atoms with van der Waals surface area (Å²) in [5, 5.41) is 12.3. The fraction of sp³-hybridized carbons (Fsp3) is 0.300. The number of piperazine rings is 1. The van der Waals surface area contributed by atoms with Gasteiger partial charge < -0.3 is 20.2 Å². The van der Waals surface area contributed by atoms with Crippen molar-refractivity contribution in [2.75, 3.05) is 41.3 Å².